The van der Waals surface area contributed by atoms with Crippen molar-refractivity contribution in [1.82, 2.24) is 0 Å². The van der Waals surface area contributed by atoms with Crippen LogP contribution in [0.5, 0.6) is 0 Å². The summed E-state index contributed by atoms with van der Waals surface area (Å²) in [6.45, 7) is 2.36. The maximum Gasteiger partial charge on any atom is 0.265 e. The summed E-state index contributed by atoms with van der Waals surface area (Å²) in [7, 11) is -4.25. The van der Waals surface area contributed by atoms with E-state index in [9.17, 15) is 23.7 Å². The van der Waals surface area contributed by atoms with Gasteiger partial charge in [-0.25, -0.2) is 0 Å². The fourth-order valence-electron chi connectivity index (χ4n) is 2.26. The van der Waals surface area contributed by atoms with Gasteiger partial charge in [0.2, 0.25) is 0 Å². The van der Waals surface area contributed by atoms with E-state index < -0.39 is 46.2 Å². The number of aliphatic hydroxyl groups excluding tert-OH is 3. The van der Waals surface area contributed by atoms with E-state index in [4.69, 9.17) is 9.29 Å². The first kappa shape index (κ1) is 16.8. The number of unbranched alkanes of at least 4 members (excludes halogenated alkanes) is 1. The van der Waals surface area contributed by atoms with Gasteiger partial charge in [0.15, 0.2) is 0 Å². The highest BCUT2D eigenvalue weighted by Crippen LogP contribution is 2.29. The summed E-state index contributed by atoms with van der Waals surface area (Å²) in [5, 5.41) is 29.2. The molecule has 1 saturated carbocycles. The molecule has 0 bridgehead atoms. The Labute approximate surface area is 113 Å². The summed E-state index contributed by atoms with van der Waals surface area (Å²) in [5.74, 6) is -1.52. The van der Waals surface area contributed by atoms with Crippen molar-refractivity contribution in [2.24, 2.45) is 5.92 Å². The topological polar surface area (TPSA) is 124 Å². The Morgan fingerprint density at radius 3 is 2.32 bits per heavy atom. The monoisotopic (exact) mass is 298 g/mol. The summed E-state index contributed by atoms with van der Waals surface area (Å²) < 4.78 is 35.9. The SMILES string of the molecule is CCCCO[C@@H]1C[C@H](CS(=O)(=O)O)[C@@H](O)[C@H](O)[C@H]1O. The van der Waals surface area contributed by atoms with Gasteiger partial charge in [0.25, 0.3) is 10.1 Å². The lowest BCUT2D eigenvalue weighted by Crippen LogP contribution is -2.55. The Hall–Kier alpha value is -0.250. The van der Waals surface area contributed by atoms with E-state index in [1.807, 2.05) is 6.92 Å². The summed E-state index contributed by atoms with van der Waals surface area (Å²) in [6.07, 6.45) is -3.12. The third-order valence-corrected chi connectivity index (χ3v) is 4.20. The Balaban J connectivity index is 2.68. The van der Waals surface area contributed by atoms with Crippen molar-refractivity contribution < 1.29 is 33.0 Å². The molecule has 0 aliphatic heterocycles. The number of hydrogen-bond acceptors (Lipinski definition) is 6. The van der Waals surface area contributed by atoms with E-state index in [-0.39, 0.29) is 6.42 Å². The molecule has 1 aliphatic rings. The van der Waals surface area contributed by atoms with Crippen LogP contribution < -0.4 is 0 Å². The molecule has 19 heavy (non-hydrogen) atoms. The first-order valence-corrected chi connectivity index (χ1v) is 7.98. The fourth-order valence-corrected chi connectivity index (χ4v) is 3.14. The van der Waals surface area contributed by atoms with Gasteiger partial charge >= 0.3 is 0 Å². The molecule has 0 heterocycles. The highest BCUT2D eigenvalue weighted by atomic mass is 32.2. The lowest BCUT2D eigenvalue weighted by atomic mass is 9.82. The second kappa shape index (κ2) is 6.96. The van der Waals surface area contributed by atoms with Gasteiger partial charge in [-0.15, -0.1) is 0 Å². The van der Waals surface area contributed by atoms with Crippen molar-refractivity contribution in [3.8, 4) is 0 Å². The molecule has 0 amide bonds. The highest BCUT2D eigenvalue weighted by Gasteiger charge is 2.44. The van der Waals surface area contributed by atoms with Crippen LogP contribution in [0.25, 0.3) is 0 Å². The quantitative estimate of drug-likeness (QED) is 0.372. The molecule has 1 aliphatic carbocycles. The smallest absolute Gasteiger partial charge is 0.265 e. The minimum Gasteiger partial charge on any atom is -0.390 e. The molecule has 0 spiro atoms. The molecular weight excluding hydrogens is 276 g/mol. The van der Waals surface area contributed by atoms with Gasteiger partial charge in [-0.2, -0.15) is 8.42 Å². The van der Waals surface area contributed by atoms with Gasteiger partial charge in [0, 0.05) is 12.5 Å². The first-order chi connectivity index (χ1) is 8.76. The standard InChI is InChI=1S/C11H22O7S/c1-2-3-4-18-8-5-7(6-19(15,16)17)9(12)11(14)10(8)13/h7-14H,2-6H2,1H3,(H,15,16,17)/t7-,8-,9-,10+,11+/m1/s1. The Morgan fingerprint density at radius 1 is 1.16 bits per heavy atom. The van der Waals surface area contributed by atoms with Crippen LogP contribution in [0.3, 0.4) is 0 Å². The van der Waals surface area contributed by atoms with Crippen molar-refractivity contribution in [2.45, 2.75) is 50.6 Å². The molecule has 8 heteroatoms. The van der Waals surface area contributed by atoms with E-state index in [1.165, 1.54) is 0 Å². The van der Waals surface area contributed by atoms with E-state index in [1.54, 1.807) is 0 Å². The minimum absolute atomic E-state index is 0.0723. The molecule has 4 N–H and O–H groups in total. The molecule has 0 radical (unpaired) electrons. The molecule has 7 nitrogen and oxygen atoms in total. The van der Waals surface area contributed by atoms with Crippen molar-refractivity contribution in [1.29, 1.82) is 0 Å². The van der Waals surface area contributed by atoms with E-state index in [2.05, 4.69) is 0 Å². The molecule has 0 aromatic heterocycles. The number of ether oxygens (including phenoxy) is 1. The van der Waals surface area contributed by atoms with Crippen molar-refractivity contribution in [3.63, 3.8) is 0 Å². The summed E-state index contributed by atoms with van der Waals surface area (Å²) in [6, 6.07) is 0. The molecule has 114 valence electrons. The Morgan fingerprint density at radius 2 is 1.79 bits per heavy atom. The largest absolute Gasteiger partial charge is 0.390 e. The van der Waals surface area contributed by atoms with Crippen molar-refractivity contribution in [2.75, 3.05) is 12.4 Å². The summed E-state index contributed by atoms with van der Waals surface area (Å²) in [5.41, 5.74) is 0. The van der Waals surface area contributed by atoms with Crippen LogP contribution in [0.15, 0.2) is 0 Å². The zero-order chi connectivity index (χ0) is 14.6. The highest BCUT2D eigenvalue weighted by molar-refractivity contribution is 7.85. The third-order valence-electron chi connectivity index (χ3n) is 3.35. The van der Waals surface area contributed by atoms with Crippen LogP contribution in [-0.4, -0.2) is 65.1 Å². The molecule has 0 aromatic carbocycles. The van der Waals surface area contributed by atoms with Gasteiger partial charge < -0.3 is 20.1 Å². The number of rotatable bonds is 6. The number of aliphatic hydroxyl groups is 3. The van der Waals surface area contributed by atoms with Gasteiger partial charge in [0.05, 0.1) is 18.0 Å². The van der Waals surface area contributed by atoms with E-state index in [0.29, 0.717) is 6.61 Å². The second-order valence-corrected chi connectivity index (χ2v) is 6.48. The van der Waals surface area contributed by atoms with Crippen LogP contribution >= 0.6 is 0 Å². The predicted molar refractivity (Wildman–Crippen MR) is 67.2 cm³/mol. The van der Waals surface area contributed by atoms with Gasteiger partial charge in [-0.1, -0.05) is 13.3 Å². The van der Waals surface area contributed by atoms with Crippen molar-refractivity contribution in [3.05, 3.63) is 0 Å². The molecule has 5 atom stereocenters. The zero-order valence-electron chi connectivity index (χ0n) is 10.8. The Kier molecular flexibility index (Phi) is 6.15. The first-order valence-electron chi connectivity index (χ1n) is 6.37. The average Bonchev–Trinajstić information content (AvgIpc) is 2.30. The summed E-state index contributed by atoms with van der Waals surface area (Å²) in [4.78, 5) is 0. The van der Waals surface area contributed by atoms with Crippen LogP contribution in [0.4, 0.5) is 0 Å². The molecule has 0 unspecified atom stereocenters. The minimum atomic E-state index is -4.25. The molecule has 1 rings (SSSR count). The van der Waals surface area contributed by atoms with Gasteiger partial charge in [-0.05, 0) is 12.8 Å². The lowest BCUT2D eigenvalue weighted by molar-refractivity contribution is -0.169. The van der Waals surface area contributed by atoms with E-state index in [0.717, 1.165) is 12.8 Å². The van der Waals surface area contributed by atoms with Gasteiger partial charge in [0.1, 0.15) is 12.2 Å². The van der Waals surface area contributed by atoms with E-state index >= 15 is 0 Å². The van der Waals surface area contributed by atoms with Crippen LogP contribution in [0, 0.1) is 5.92 Å². The molecule has 0 saturated heterocycles. The van der Waals surface area contributed by atoms with Crippen molar-refractivity contribution >= 4 is 10.1 Å². The predicted octanol–water partition coefficient (Wildman–Crippen LogP) is -0.838. The second-order valence-electron chi connectivity index (χ2n) is 4.98. The molecular formula is C11H22O7S. The number of hydrogen-bond donors (Lipinski definition) is 4. The normalized spacial score (nSPS) is 36.4. The van der Waals surface area contributed by atoms with Crippen LogP contribution in [0.1, 0.15) is 26.2 Å². The van der Waals surface area contributed by atoms with Gasteiger partial charge in [-0.3, -0.25) is 4.55 Å². The Bertz CT molecular complexity index is 369. The summed E-state index contributed by atoms with van der Waals surface area (Å²) >= 11 is 0. The lowest BCUT2D eigenvalue weighted by Gasteiger charge is -2.39. The zero-order valence-corrected chi connectivity index (χ0v) is 11.7. The molecule has 1 fully saturated rings. The fraction of sp³-hybridized carbons (Fsp3) is 1.00. The third kappa shape index (κ3) is 4.97. The van der Waals surface area contributed by atoms with Crippen LogP contribution in [0.2, 0.25) is 0 Å². The van der Waals surface area contributed by atoms with Crippen LogP contribution in [-0.2, 0) is 14.9 Å². The molecule has 0 aromatic rings. The maximum absolute atomic E-state index is 10.9. The maximum atomic E-state index is 10.9. The average molecular weight is 298 g/mol.